The van der Waals surface area contributed by atoms with Gasteiger partial charge in [-0.1, -0.05) is 18.2 Å². The summed E-state index contributed by atoms with van der Waals surface area (Å²) in [5, 5.41) is 2.94. The lowest BCUT2D eigenvalue weighted by Gasteiger charge is -2.23. The molecule has 2 aliphatic rings. The summed E-state index contributed by atoms with van der Waals surface area (Å²) in [4.78, 5) is 26.9. The van der Waals surface area contributed by atoms with E-state index in [0.29, 0.717) is 31.0 Å². The number of amides is 2. The molecule has 2 aromatic rings. The van der Waals surface area contributed by atoms with Gasteiger partial charge in [0.15, 0.2) is 6.61 Å². The van der Waals surface area contributed by atoms with Crippen molar-refractivity contribution in [1.82, 2.24) is 4.90 Å². The maximum atomic E-state index is 12.7. The second kappa shape index (κ2) is 6.37. The maximum Gasteiger partial charge on any atom is 0.260 e. The Hall–Kier alpha value is -3.02. The highest BCUT2D eigenvalue weighted by Crippen LogP contribution is 2.45. The number of hydrogen-bond donors (Lipinski definition) is 1. The molecule has 6 heteroatoms. The van der Waals surface area contributed by atoms with Gasteiger partial charge in [0.05, 0.1) is 12.5 Å². The molecule has 2 heterocycles. The van der Waals surface area contributed by atoms with Crippen molar-refractivity contribution in [3.05, 3.63) is 54.1 Å². The third kappa shape index (κ3) is 2.67. The van der Waals surface area contributed by atoms with Gasteiger partial charge < -0.3 is 19.7 Å². The van der Waals surface area contributed by atoms with Crippen LogP contribution in [0, 0.1) is 0 Å². The Kier molecular flexibility index (Phi) is 4.03. The Balaban J connectivity index is 1.50. The molecule has 0 radical (unpaired) electrons. The van der Waals surface area contributed by atoms with E-state index in [-0.39, 0.29) is 18.4 Å². The number of para-hydroxylation sites is 1. The molecule has 1 saturated heterocycles. The van der Waals surface area contributed by atoms with E-state index in [4.69, 9.17) is 9.47 Å². The summed E-state index contributed by atoms with van der Waals surface area (Å²) in [5.74, 6) is 1.19. The van der Waals surface area contributed by atoms with Gasteiger partial charge in [0.2, 0.25) is 5.91 Å². The number of nitrogens with one attached hydrogen (secondary N) is 1. The van der Waals surface area contributed by atoms with Gasteiger partial charge in [0, 0.05) is 18.8 Å². The van der Waals surface area contributed by atoms with Gasteiger partial charge in [0.25, 0.3) is 5.91 Å². The molecule has 0 bridgehead atoms. The molecule has 2 aliphatic heterocycles. The molecular weight excluding hydrogens is 332 g/mol. The van der Waals surface area contributed by atoms with E-state index in [1.165, 1.54) is 0 Å². The summed E-state index contributed by atoms with van der Waals surface area (Å²) in [6.07, 6.45) is 0.593. The normalized spacial score (nSPS) is 20.8. The minimum atomic E-state index is -0.702. The van der Waals surface area contributed by atoms with Gasteiger partial charge >= 0.3 is 0 Å². The summed E-state index contributed by atoms with van der Waals surface area (Å²) in [6.45, 7) is 0.851. The van der Waals surface area contributed by atoms with E-state index >= 15 is 0 Å². The first-order valence-corrected chi connectivity index (χ1v) is 8.58. The molecule has 1 unspecified atom stereocenters. The van der Waals surface area contributed by atoms with Crippen LogP contribution in [0.5, 0.6) is 11.5 Å². The largest absolute Gasteiger partial charge is 0.497 e. The van der Waals surface area contributed by atoms with E-state index in [1.807, 2.05) is 48.5 Å². The molecule has 1 atom stereocenters. The Morgan fingerprint density at radius 2 is 2.00 bits per heavy atom. The predicted molar refractivity (Wildman–Crippen MR) is 96.4 cm³/mol. The van der Waals surface area contributed by atoms with Crippen molar-refractivity contribution in [2.24, 2.45) is 0 Å². The van der Waals surface area contributed by atoms with Crippen molar-refractivity contribution in [1.29, 1.82) is 0 Å². The number of nitrogens with zero attached hydrogens (tertiary/aromatic N) is 1. The van der Waals surface area contributed by atoms with Gasteiger partial charge in [-0.3, -0.25) is 9.59 Å². The van der Waals surface area contributed by atoms with Crippen LogP contribution in [-0.2, 0) is 15.0 Å². The number of carbonyl (C=O) groups excluding carboxylic acids is 2. The minimum Gasteiger partial charge on any atom is -0.497 e. The zero-order chi connectivity index (χ0) is 18.1. The summed E-state index contributed by atoms with van der Waals surface area (Å²) in [6, 6.07) is 14.8. The smallest absolute Gasteiger partial charge is 0.260 e. The molecule has 0 aromatic heterocycles. The topological polar surface area (TPSA) is 67.9 Å². The Morgan fingerprint density at radius 3 is 2.77 bits per heavy atom. The molecule has 2 aromatic carbocycles. The first-order valence-electron chi connectivity index (χ1n) is 8.58. The molecular formula is C20H20N2O4. The third-order valence-corrected chi connectivity index (χ3v) is 5.15. The first-order chi connectivity index (χ1) is 12.6. The Morgan fingerprint density at radius 1 is 1.19 bits per heavy atom. The van der Waals surface area contributed by atoms with Crippen molar-refractivity contribution in [3.8, 4) is 11.5 Å². The highest BCUT2D eigenvalue weighted by molar-refractivity contribution is 6.07. The van der Waals surface area contributed by atoms with Gasteiger partial charge in [-0.15, -0.1) is 0 Å². The fourth-order valence-electron chi connectivity index (χ4n) is 3.70. The van der Waals surface area contributed by atoms with E-state index in [2.05, 4.69) is 5.32 Å². The second-order valence-electron chi connectivity index (χ2n) is 6.61. The van der Waals surface area contributed by atoms with Crippen molar-refractivity contribution < 1.29 is 19.1 Å². The molecule has 1 N–H and O–H groups in total. The van der Waals surface area contributed by atoms with E-state index < -0.39 is 5.41 Å². The van der Waals surface area contributed by atoms with Crippen LogP contribution in [-0.4, -0.2) is 43.5 Å². The maximum absolute atomic E-state index is 12.7. The van der Waals surface area contributed by atoms with Crippen LogP contribution in [0.4, 0.5) is 5.69 Å². The van der Waals surface area contributed by atoms with Gasteiger partial charge in [-0.2, -0.15) is 0 Å². The molecule has 4 rings (SSSR count). The van der Waals surface area contributed by atoms with Crippen LogP contribution in [0.3, 0.4) is 0 Å². The lowest BCUT2D eigenvalue weighted by Crippen LogP contribution is -2.40. The van der Waals surface area contributed by atoms with E-state index in [9.17, 15) is 9.59 Å². The average Bonchev–Trinajstić information content (AvgIpc) is 3.24. The van der Waals surface area contributed by atoms with E-state index in [0.717, 1.165) is 11.3 Å². The summed E-state index contributed by atoms with van der Waals surface area (Å²) in [5.41, 5.74) is 0.999. The van der Waals surface area contributed by atoms with Gasteiger partial charge in [-0.25, -0.2) is 0 Å². The number of anilines is 1. The summed E-state index contributed by atoms with van der Waals surface area (Å²) >= 11 is 0. The molecule has 134 valence electrons. The number of likely N-dealkylation sites (tertiary alicyclic amines) is 1. The monoisotopic (exact) mass is 352 g/mol. The third-order valence-electron chi connectivity index (χ3n) is 5.15. The lowest BCUT2D eigenvalue weighted by molar-refractivity contribution is -0.132. The number of hydrogen-bond acceptors (Lipinski definition) is 4. The highest BCUT2D eigenvalue weighted by atomic mass is 16.5. The Bertz CT molecular complexity index is 852. The summed E-state index contributed by atoms with van der Waals surface area (Å²) in [7, 11) is 1.60. The van der Waals surface area contributed by atoms with Crippen molar-refractivity contribution in [3.63, 3.8) is 0 Å². The lowest BCUT2D eigenvalue weighted by atomic mass is 9.81. The zero-order valence-electron chi connectivity index (χ0n) is 14.5. The second-order valence-corrected chi connectivity index (χ2v) is 6.61. The molecule has 1 spiro atoms. The fourth-order valence-corrected chi connectivity index (χ4v) is 3.70. The van der Waals surface area contributed by atoms with E-state index in [1.54, 1.807) is 12.0 Å². The molecule has 0 aliphatic carbocycles. The van der Waals surface area contributed by atoms with Crippen LogP contribution in [0.15, 0.2) is 48.5 Å². The number of ether oxygens (including phenoxy) is 2. The van der Waals surface area contributed by atoms with Crippen molar-refractivity contribution in [2.45, 2.75) is 11.8 Å². The van der Waals surface area contributed by atoms with Crippen molar-refractivity contribution >= 4 is 17.5 Å². The fraction of sp³-hybridized carbons (Fsp3) is 0.300. The molecule has 6 nitrogen and oxygen atoms in total. The van der Waals surface area contributed by atoms with Gasteiger partial charge in [-0.05, 0) is 42.3 Å². The van der Waals surface area contributed by atoms with Crippen LogP contribution in [0.25, 0.3) is 0 Å². The highest BCUT2D eigenvalue weighted by Gasteiger charge is 2.52. The van der Waals surface area contributed by atoms with Crippen LogP contribution >= 0.6 is 0 Å². The minimum absolute atomic E-state index is 0.0350. The standard InChI is InChI=1S/C20H20N2O4/c1-25-15-7-8-17-16(11-15)20(19(24)21-17)9-10-22(13-20)18(23)12-26-14-5-3-2-4-6-14/h2-8,11H,9-10,12-13H2,1H3,(H,21,24). The van der Waals surface area contributed by atoms with Crippen LogP contribution < -0.4 is 14.8 Å². The number of benzene rings is 2. The number of rotatable bonds is 4. The van der Waals surface area contributed by atoms with Crippen LogP contribution in [0.2, 0.25) is 0 Å². The zero-order valence-corrected chi connectivity index (χ0v) is 14.5. The Labute approximate surface area is 151 Å². The van der Waals surface area contributed by atoms with Gasteiger partial charge in [0.1, 0.15) is 11.5 Å². The quantitative estimate of drug-likeness (QED) is 0.916. The molecule has 2 amide bonds. The SMILES string of the molecule is COc1ccc2c(c1)C1(CCN(C(=O)COc3ccccc3)C1)C(=O)N2. The predicted octanol–water partition coefficient (Wildman–Crippen LogP) is 2.20. The molecule has 1 fully saturated rings. The van der Waals surface area contributed by atoms with Crippen molar-refractivity contribution in [2.75, 3.05) is 32.1 Å². The average molecular weight is 352 g/mol. The molecule has 26 heavy (non-hydrogen) atoms. The number of methoxy groups -OCH3 is 1. The summed E-state index contributed by atoms with van der Waals surface area (Å²) < 4.78 is 10.9. The number of carbonyl (C=O) groups is 2. The number of fused-ring (bicyclic) bond motifs is 2. The van der Waals surface area contributed by atoms with Crippen LogP contribution in [0.1, 0.15) is 12.0 Å². The molecule has 0 saturated carbocycles. The first kappa shape index (κ1) is 16.4.